The van der Waals surface area contributed by atoms with E-state index in [1.165, 1.54) is 31.7 Å². The van der Waals surface area contributed by atoms with Gasteiger partial charge in [0.05, 0.1) is 0 Å². The van der Waals surface area contributed by atoms with Crippen LogP contribution in [0.2, 0.25) is 0 Å². The average Bonchev–Trinajstić information content (AvgIpc) is 2.39. The second-order valence-electron chi connectivity index (χ2n) is 2.98. The van der Waals surface area contributed by atoms with Gasteiger partial charge in [0.1, 0.15) is 0 Å². The minimum absolute atomic E-state index is 0.863. The molecule has 0 aliphatic carbocycles. The Labute approximate surface area is 82.0 Å². The summed E-state index contributed by atoms with van der Waals surface area (Å²) in [5, 5.41) is 1.12. The van der Waals surface area contributed by atoms with E-state index in [-0.39, 0.29) is 0 Å². The Morgan fingerprint density at radius 2 is 2.45 bits per heavy atom. The van der Waals surface area contributed by atoms with Crippen LogP contribution in [0.5, 0.6) is 0 Å². The molecule has 1 heterocycles. The highest BCUT2D eigenvalue weighted by atomic mass is 79.9. The normalized spacial score (nSPS) is 26.2. The van der Waals surface area contributed by atoms with Gasteiger partial charge in [0.2, 0.25) is 0 Å². The van der Waals surface area contributed by atoms with Crippen LogP contribution in [0.4, 0.5) is 0 Å². The maximum atomic E-state index is 3.49. The Balaban J connectivity index is 2.25. The van der Waals surface area contributed by atoms with Gasteiger partial charge in [-0.15, -0.1) is 0 Å². The second-order valence-corrected chi connectivity index (χ2v) is 4.68. The van der Waals surface area contributed by atoms with Crippen LogP contribution in [0, 0.1) is 0 Å². The van der Waals surface area contributed by atoms with E-state index in [0.29, 0.717) is 0 Å². The van der Waals surface area contributed by atoms with E-state index in [2.05, 4.69) is 27.1 Å². The molecular formula is C8H16BrNS. The molecule has 1 unspecified atom stereocenters. The van der Waals surface area contributed by atoms with Crippen LogP contribution in [-0.4, -0.2) is 41.4 Å². The zero-order valence-corrected chi connectivity index (χ0v) is 9.46. The summed E-state index contributed by atoms with van der Waals surface area (Å²) in [6, 6.07) is 0.863. The topological polar surface area (TPSA) is 3.24 Å². The predicted molar refractivity (Wildman–Crippen MR) is 56.8 cm³/mol. The molecule has 1 nitrogen and oxygen atoms in total. The predicted octanol–water partition coefficient (Wildman–Crippen LogP) is 2.21. The van der Waals surface area contributed by atoms with Crippen molar-refractivity contribution >= 4 is 27.7 Å². The maximum absolute atomic E-state index is 3.49. The first kappa shape index (κ1) is 9.87. The van der Waals surface area contributed by atoms with Crippen molar-refractivity contribution in [1.82, 2.24) is 4.90 Å². The number of alkyl halides is 1. The maximum Gasteiger partial charge on any atom is 0.0187 e. The first-order valence-corrected chi connectivity index (χ1v) is 6.69. The van der Waals surface area contributed by atoms with Crippen LogP contribution in [0.25, 0.3) is 0 Å². The second kappa shape index (κ2) is 5.44. The molecule has 1 rings (SSSR count). The van der Waals surface area contributed by atoms with Gasteiger partial charge in [0.15, 0.2) is 0 Å². The zero-order chi connectivity index (χ0) is 8.10. The molecule has 0 bridgehead atoms. The fourth-order valence-corrected chi connectivity index (χ4v) is 2.90. The third kappa shape index (κ3) is 2.96. The lowest BCUT2D eigenvalue weighted by atomic mass is 10.2. The first-order chi connectivity index (χ1) is 5.38. The van der Waals surface area contributed by atoms with Crippen molar-refractivity contribution < 1.29 is 0 Å². The molecule has 0 saturated carbocycles. The van der Waals surface area contributed by atoms with Gasteiger partial charge in [-0.2, -0.15) is 11.8 Å². The number of nitrogens with zero attached hydrogens (tertiary/aromatic N) is 1. The fourth-order valence-electron chi connectivity index (χ4n) is 1.68. The lowest BCUT2D eigenvalue weighted by molar-refractivity contribution is 0.291. The van der Waals surface area contributed by atoms with Crippen molar-refractivity contribution in [1.29, 1.82) is 0 Å². The molecule has 1 fully saturated rings. The van der Waals surface area contributed by atoms with E-state index in [9.17, 15) is 0 Å². The molecule has 66 valence electrons. The summed E-state index contributed by atoms with van der Waals surface area (Å²) in [5.74, 6) is 1.31. The fraction of sp³-hybridized carbons (Fsp3) is 1.00. The van der Waals surface area contributed by atoms with E-state index in [1.54, 1.807) is 0 Å². The van der Waals surface area contributed by atoms with Gasteiger partial charge in [-0.1, -0.05) is 15.9 Å². The van der Waals surface area contributed by atoms with Crippen molar-refractivity contribution in [3.8, 4) is 0 Å². The Hall–Kier alpha value is 0.790. The standard InChI is InChI=1S/C8H16BrNS/c1-11-7-8-3-2-5-10(8)6-4-9/h8H,2-7H2,1H3. The van der Waals surface area contributed by atoms with E-state index < -0.39 is 0 Å². The van der Waals surface area contributed by atoms with E-state index in [0.717, 1.165) is 11.4 Å². The summed E-state index contributed by atoms with van der Waals surface area (Å²) in [6.45, 7) is 2.54. The molecule has 3 heteroatoms. The number of likely N-dealkylation sites (tertiary alicyclic amines) is 1. The van der Waals surface area contributed by atoms with Gasteiger partial charge in [0, 0.05) is 23.7 Å². The molecule has 1 aliphatic heterocycles. The molecular weight excluding hydrogens is 222 g/mol. The molecule has 0 spiro atoms. The van der Waals surface area contributed by atoms with Gasteiger partial charge >= 0.3 is 0 Å². The summed E-state index contributed by atoms with van der Waals surface area (Å²) in [7, 11) is 0. The van der Waals surface area contributed by atoms with Crippen LogP contribution < -0.4 is 0 Å². The molecule has 0 N–H and O–H groups in total. The quantitative estimate of drug-likeness (QED) is 0.691. The molecule has 1 aliphatic rings. The lowest BCUT2D eigenvalue weighted by Crippen LogP contribution is -2.32. The summed E-state index contributed by atoms with van der Waals surface area (Å²) >= 11 is 5.46. The monoisotopic (exact) mass is 237 g/mol. The van der Waals surface area contributed by atoms with Gasteiger partial charge in [-0.25, -0.2) is 0 Å². The lowest BCUT2D eigenvalue weighted by Gasteiger charge is -2.22. The molecule has 0 aromatic heterocycles. The summed E-state index contributed by atoms with van der Waals surface area (Å²) in [4.78, 5) is 2.60. The van der Waals surface area contributed by atoms with Crippen LogP contribution in [0.3, 0.4) is 0 Å². The molecule has 0 aromatic carbocycles. The minimum Gasteiger partial charge on any atom is -0.299 e. The Morgan fingerprint density at radius 1 is 1.64 bits per heavy atom. The summed E-state index contributed by atoms with van der Waals surface area (Å²) in [5.41, 5.74) is 0. The van der Waals surface area contributed by atoms with Crippen LogP contribution >= 0.6 is 27.7 Å². The molecule has 1 atom stereocenters. The number of halogens is 1. The van der Waals surface area contributed by atoms with Crippen molar-refractivity contribution in [2.24, 2.45) is 0 Å². The number of rotatable bonds is 4. The van der Waals surface area contributed by atoms with E-state index in [4.69, 9.17) is 0 Å². The molecule has 0 amide bonds. The molecule has 0 aromatic rings. The summed E-state index contributed by atoms with van der Waals surface area (Å²) < 4.78 is 0. The van der Waals surface area contributed by atoms with Gasteiger partial charge < -0.3 is 0 Å². The van der Waals surface area contributed by atoms with E-state index in [1.807, 2.05) is 11.8 Å². The highest BCUT2D eigenvalue weighted by Gasteiger charge is 2.22. The van der Waals surface area contributed by atoms with Crippen molar-refractivity contribution in [3.63, 3.8) is 0 Å². The van der Waals surface area contributed by atoms with Crippen LogP contribution in [-0.2, 0) is 0 Å². The Kier molecular flexibility index (Phi) is 4.88. The van der Waals surface area contributed by atoms with Crippen molar-refractivity contribution in [3.05, 3.63) is 0 Å². The highest BCUT2D eigenvalue weighted by molar-refractivity contribution is 9.09. The third-order valence-electron chi connectivity index (χ3n) is 2.23. The average molecular weight is 238 g/mol. The first-order valence-electron chi connectivity index (χ1n) is 4.17. The van der Waals surface area contributed by atoms with Crippen LogP contribution in [0.15, 0.2) is 0 Å². The van der Waals surface area contributed by atoms with Crippen LogP contribution in [0.1, 0.15) is 12.8 Å². The molecule has 1 saturated heterocycles. The summed E-state index contributed by atoms with van der Waals surface area (Å²) in [6.07, 6.45) is 5.01. The number of hydrogen-bond donors (Lipinski definition) is 0. The van der Waals surface area contributed by atoms with Crippen molar-refractivity contribution in [2.75, 3.05) is 30.4 Å². The third-order valence-corrected chi connectivity index (χ3v) is 3.30. The van der Waals surface area contributed by atoms with Crippen molar-refractivity contribution in [2.45, 2.75) is 18.9 Å². The SMILES string of the molecule is CSCC1CCCN1CCBr. The molecule has 0 radical (unpaired) electrons. The Morgan fingerprint density at radius 3 is 3.09 bits per heavy atom. The highest BCUT2D eigenvalue weighted by Crippen LogP contribution is 2.19. The smallest absolute Gasteiger partial charge is 0.0187 e. The van der Waals surface area contributed by atoms with Gasteiger partial charge in [0.25, 0.3) is 0 Å². The molecule has 11 heavy (non-hydrogen) atoms. The number of thioether (sulfide) groups is 1. The van der Waals surface area contributed by atoms with Gasteiger partial charge in [-0.3, -0.25) is 4.90 Å². The largest absolute Gasteiger partial charge is 0.299 e. The van der Waals surface area contributed by atoms with Gasteiger partial charge in [-0.05, 0) is 25.6 Å². The Bertz CT molecular complexity index is 98.3. The van der Waals surface area contributed by atoms with E-state index >= 15 is 0 Å². The minimum atomic E-state index is 0.863. The number of hydrogen-bond acceptors (Lipinski definition) is 2. The zero-order valence-electron chi connectivity index (χ0n) is 7.05.